The molecule has 3 amide bonds. The third-order valence-electron chi connectivity index (χ3n) is 11.7. The summed E-state index contributed by atoms with van der Waals surface area (Å²) in [4.78, 5) is 66.4. The summed E-state index contributed by atoms with van der Waals surface area (Å²) >= 11 is 6.52. The number of fused-ring (bicyclic) bond motifs is 3. The molecule has 14 nitrogen and oxygen atoms in total. The quantitative estimate of drug-likeness (QED) is 0.269. The van der Waals surface area contributed by atoms with Gasteiger partial charge < -0.3 is 24.4 Å². The molecule has 16 heteroatoms. The zero-order chi connectivity index (χ0) is 38.3. The van der Waals surface area contributed by atoms with Crippen LogP contribution in [0.1, 0.15) is 96.8 Å². The number of allylic oxidation sites excluding steroid dienone is 1. The number of esters is 1. The van der Waals surface area contributed by atoms with Gasteiger partial charge in [-0.1, -0.05) is 36.6 Å². The Bertz CT molecular complexity index is 1950. The first kappa shape index (κ1) is 38.3. The van der Waals surface area contributed by atoms with E-state index in [1.165, 1.54) is 12.0 Å². The van der Waals surface area contributed by atoms with E-state index in [9.17, 15) is 27.6 Å². The predicted molar refractivity (Wildman–Crippen MR) is 198 cm³/mol. The van der Waals surface area contributed by atoms with E-state index in [1.54, 1.807) is 25.1 Å². The van der Waals surface area contributed by atoms with Crippen molar-refractivity contribution in [1.29, 1.82) is 0 Å². The molecule has 0 spiro atoms. The van der Waals surface area contributed by atoms with E-state index < -0.39 is 68.0 Å². The van der Waals surface area contributed by atoms with Crippen LogP contribution < -0.4 is 19.5 Å². The van der Waals surface area contributed by atoms with E-state index in [4.69, 9.17) is 25.8 Å². The molecule has 1 saturated heterocycles. The van der Waals surface area contributed by atoms with Gasteiger partial charge in [0.05, 0.1) is 35.9 Å². The first-order chi connectivity index (χ1) is 25.8. The van der Waals surface area contributed by atoms with E-state index in [2.05, 4.69) is 20.0 Å². The lowest BCUT2D eigenvalue weighted by atomic mass is 9.95. The molecule has 2 aliphatic heterocycles. The Morgan fingerprint density at radius 2 is 1.80 bits per heavy atom. The topological polar surface area (TPSA) is 183 Å². The molecular formula is C38H48ClN5O9S. The van der Waals surface area contributed by atoms with E-state index in [1.807, 2.05) is 12.2 Å². The minimum absolute atomic E-state index is 0.00534. The number of carbonyl (C=O) groups is 4. The monoisotopic (exact) mass is 785 g/mol. The predicted octanol–water partition coefficient (Wildman–Crippen LogP) is 4.53. The van der Waals surface area contributed by atoms with Crippen molar-refractivity contribution in [2.24, 2.45) is 11.8 Å². The number of ether oxygens (including phenoxy) is 3. The van der Waals surface area contributed by atoms with Gasteiger partial charge >= 0.3 is 5.97 Å². The Morgan fingerprint density at radius 1 is 1.04 bits per heavy atom. The first-order valence-electron chi connectivity index (χ1n) is 19.0. The second-order valence-corrected chi connectivity index (χ2v) is 18.2. The molecule has 1 aromatic carbocycles. The van der Waals surface area contributed by atoms with Gasteiger partial charge in [-0.05, 0) is 83.3 Å². The van der Waals surface area contributed by atoms with Crippen LogP contribution in [-0.4, -0.2) is 89.2 Å². The number of halogens is 1. The largest absolute Gasteiger partial charge is 0.497 e. The molecule has 7 rings (SSSR count). The van der Waals surface area contributed by atoms with Gasteiger partial charge in [0.15, 0.2) is 5.15 Å². The molecule has 3 saturated carbocycles. The van der Waals surface area contributed by atoms with Crippen molar-refractivity contribution in [3.63, 3.8) is 0 Å². The van der Waals surface area contributed by atoms with Gasteiger partial charge in [-0.25, -0.2) is 18.4 Å². The zero-order valence-corrected chi connectivity index (χ0v) is 32.3. The average Bonchev–Trinajstić information content (AvgIpc) is 3.91. The first-order valence-corrected chi connectivity index (χ1v) is 20.9. The fraction of sp³-hybridized carbons (Fsp3) is 0.632. The van der Waals surface area contributed by atoms with Crippen LogP contribution in [0, 0.1) is 11.8 Å². The maximum absolute atomic E-state index is 14.5. The SMILES string of the molecule is COc1ccc2nc(Cl)c(O[C@@H]3C[C@H]4C(=O)N[C@]5(C(=O)NS(=O)(=O)C6(C)CC6)C[C@H]5/C=C\CCCCC[C@H](CC(=O)OC5CCCC5)C(=O)N4C3)nc2c1. The van der Waals surface area contributed by atoms with Crippen LogP contribution in [0.3, 0.4) is 0 Å². The molecule has 1 aromatic heterocycles. The maximum Gasteiger partial charge on any atom is 0.306 e. The van der Waals surface area contributed by atoms with Crippen molar-refractivity contribution in [2.45, 2.75) is 125 Å². The number of rotatable bonds is 9. The molecule has 292 valence electrons. The number of nitrogens with zero attached hydrogens (tertiary/aromatic N) is 3. The standard InChI is InChI=1S/C38H48ClN5O9S/c1-37(16-17-37)54(49,50)43-36(48)38-21-24(38)11-7-5-3-4-6-10-23(18-31(45)52-25-12-8-9-13-25)35(47)44-22-27(20-30(44)33(46)42-38)53-34-32(39)40-28-15-14-26(51-2)19-29(28)41-34/h7,11,14-15,19,23-25,27,30H,3-6,8-10,12-13,16-18,20-22H2,1-2H3,(H,42,46)(H,43,48)/b11-7-/t23-,24-,27-,30+,38-/m1/s1. The minimum atomic E-state index is -3.99. The molecule has 2 aromatic rings. The van der Waals surface area contributed by atoms with E-state index >= 15 is 0 Å². The second kappa shape index (κ2) is 15.3. The molecule has 0 unspecified atom stereocenters. The molecule has 2 N–H and O–H groups in total. The van der Waals surface area contributed by atoms with Crippen LogP contribution >= 0.6 is 11.6 Å². The molecule has 5 atom stereocenters. The number of sulfonamides is 1. The molecule has 3 aliphatic carbocycles. The summed E-state index contributed by atoms with van der Waals surface area (Å²) < 4.78 is 44.8. The third kappa shape index (κ3) is 8.02. The Labute approximate surface area is 320 Å². The summed E-state index contributed by atoms with van der Waals surface area (Å²) in [5.74, 6) is -2.88. The second-order valence-electron chi connectivity index (χ2n) is 15.7. The number of carbonyl (C=O) groups excluding carboxylic acids is 4. The summed E-state index contributed by atoms with van der Waals surface area (Å²) in [5.41, 5.74) is -0.536. The lowest BCUT2D eigenvalue weighted by Gasteiger charge is -2.29. The van der Waals surface area contributed by atoms with Crippen LogP contribution in [-0.2, 0) is 33.9 Å². The summed E-state index contributed by atoms with van der Waals surface area (Å²) in [5, 5.41) is 2.88. The van der Waals surface area contributed by atoms with Crippen molar-refractivity contribution in [3.05, 3.63) is 35.5 Å². The average molecular weight is 786 g/mol. The summed E-state index contributed by atoms with van der Waals surface area (Å²) in [6.45, 7) is 1.55. The molecule has 4 fully saturated rings. The highest BCUT2D eigenvalue weighted by Crippen LogP contribution is 2.47. The number of nitrogens with one attached hydrogen (secondary N) is 2. The van der Waals surface area contributed by atoms with Gasteiger partial charge in [-0.3, -0.25) is 23.9 Å². The summed E-state index contributed by atoms with van der Waals surface area (Å²) in [6.07, 6.45) is 10.9. The fourth-order valence-corrected chi connectivity index (χ4v) is 9.37. The third-order valence-corrected chi connectivity index (χ3v) is 14.1. The van der Waals surface area contributed by atoms with Crippen molar-refractivity contribution < 1.29 is 41.8 Å². The lowest BCUT2D eigenvalue weighted by molar-refractivity contribution is -0.154. The molecule has 3 heterocycles. The lowest BCUT2D eigenvalue weighted by Crippen LogP contribution is -2.57. The summed E-state index contributed by atoms with van der Waals surface area (Å²) in [7, 11) is -2.46. The van der Waals surface area contributed by atoms with Crippen LogP contribution in [0.15, 0.2) is 30.4 Å². The Hall–Kier alpha value is -3.98. The molecule has 0 bridgehead atoms. The molecule has 0 radical (unpaired) electrons. The van der Waals surface area contributed by atoms with E-state index in [0.717, 1.165) is 38.5 Å². The van der Waals surface area contributed by atoms with Gasteiger partial charge in [-0.15, -0.1) is 0 Å². The Balaban J connectivity index is 1.17. The van der Waals surface area contributed by atoms with Crippen molar-refractivity contribution in [2.75, 3.05) is 13.7 Å². The summed E-state index contributed by atoms with van der Waals surface area (Å²) in [6, 6.07) is 4.02. The fourth-order valence-electron chi connectivity index (χ4n) is 7.88. The van der Waals surface area contributed by atoms with Gasteiger partial charge in [0, 0.05) is 24.3 Å². The van der Waals surface area contributed by atoms with Gasteiger partial charge in [-0.2, -0.15) is 0 Å². The van der Waals surface area contributed by atoms with Gasteiger partial charge in [0.1, 0.15) is 29.5 Å². The zero-order valence-electron chi connectivity index (χ0n) is 30.7. The highest BCUT2D eigenvalue weighted by atomic mass is 35.5. The number of hydrogen-bond acceptors (Lipinski definition) is 11. The normalized spacial score (nSPS) is 29.2. The highest BCUT2D eigenvalue weighted by Gasteiger charge is 2.63. The van der Waals surface area contributed by atoms with Crippen molar-refractivity contribution in [3.8, 4) is 11.6 Å². The number of hydrogen-bond donors (Lipinski definition) is 2. The number of amides is 3. The smallest absolute Gasteiger partial charge is 0.306 e. The van der Waals surface area contributed by atoms with Gasteiger partial charge in [0.25, 0.3) is 11.8 Å². The number of aromatic nitrogens is 2. The number of benzene rings is 1. The van der Waals surface area contributed by atoms with E-state index in [0.29, 0.717) is 48.9 Å². The molecule has 5 aliphatic rings. The number of methoxy groups -OCH3 is 1. The van der Waals surface area contributed by atoms with Crippen LogP contribution in [0.4, 0.5) is 0 Å². The maximum atomic E-state index is 14.5. The van der Waals surface area contributed by atoms with E-state index in [-0.39, 0.29) is 42.9 Å². The van der Waals surface area contributed by atoms with Gasteiger partial charge in [0.2, 0.25) is 21.8 Å². The minimum Gasteiger partial charge on any atom is -0.497 e. The molecular weight excluding hydrogens is 738 g/mol. The Kier molecular flexibility index (Phi) is 10.8. The van der Waals surface area contributed by atoms with Crippen LogP contribution in [0.2, 0.25) is 5.15 Å². The van der Waals surface area contributed by atoms with Crippen LogP contribution in [0.5, 0.6) is 11.6 Å². The van der Waals surface area contributed by atoms with Crippen molar-refractivity contribution in [1.82, 2.24) is 24.9 Å². The highest BCUT2D eigenvalue weighted by molar-refractivity contribution is 7.91. The van der Waals surface area contributed by atoms with Crippen molar-refractivity contribution >= 4 is 56.3 Å². The van der Waals surface area contributed by atoms with Crippen LogP contribution in [0.25, 0.3) is 11.0 Å². The Morgan fingerprint density at radius 3 is 2.54 bits per heavy atom. The molecule has 54 heavy (non-hydrogen) atoms.